The summed E-state index contributed by atoms with van der Waals surface area (Å²) in [5.41, 5.74) is 4.84. The van der Waals surface area contributed by atoms with E-state index in [0.29, 0.717) is 4.47 Å². The van der Waals surface area contributed by atoms with Crippen LogP contribution >= 0.6 is 15.9 Å². The molecule has 0 bridgehead atoms. The van der Waals surface area contributed by atoms with Crippen molar-refractivity contribution in [1.82, 2.24) is 0 Å². The molecule has 0 unspecified atom stereocenters. The van der Waals surface area contributed by atoms with Crippen LogP contribution in [0.25, 0.3) is 0 Å². The molecule has 0 atom stereocenters. The lowest BCUT2D eigenvalue weighted by atomic mass is 9.94. The molecule has 5 heteroatoms. The third kappa shape index (κ3) is 2.23. The van der Waals surface area contributed by atoms with Crippen molar-refractivity contribution >= 4 is 15.9 Å². The molecule has 0 aliphatic heterocycles. The van der Waals surface area contributed by atoms with E-state index in [0.717, 1.165) is 0 Å². The Labute approximate surface area is 96.2 Å². The van der Waals surface area contributed by atoms with Crippen LogP contribution in [0.2, 0.25) is 0 Å². The van der Waals surface area contributed by atoms with Gasteiger partial charge in [-0.2, -0.15) is 0 Å². The van der Waals surface area contributed by atoms with E-state index in [1.165, 1.54) is 13.2 Å². The van der Waals surface area contributed by atoms with Crippen LogP contribution in [0.15, 0.2) is 10.5 Å². The van der Waals surface area contributed by atoms with Gasteiger partial charge in [-0.15, -0.1) is 0 Å². The van der Waals surface area contributed by atoms with Gasteiger partial charge in [0, 0.05) is 5.54 Å². The minimum absolute atomic E-state index is 0.0440. The second-order valence-corrected chi connectivity index (χ2v) is 4.67. The molecular weight excluding hydrogens is 265 g/mol. The molecule has 0 heterocycles. The number of benzene rings is 1. The largest absolute Gasteiger partial charge is 0.504 e. The number of hydrogen-bond donors (Lipinski definition) is 2. The molecule has 0 spiro atoms. The summed E-state index contributed by atoms with van der Waals surface area (Å²) in [6.07, 6.45) is 0. The number of rotatable bonds is 2. The van der Waals surface area contributed by atoms with Crippen LogP contribution in [0.1, 0.15) is 19.4 Å². The van der Waals surface area contributed by atoms with Gasteiger partial charge in [0.1, 0.15) is 5.82 Å². The second kappa shape index (κ2) is 3.98. The van der Waals surface area contributed by atoms with E-state index in [1.54, 1.807) is 13.8 Å². The van der Waals surface area contributed by atoms with Crippen molar-refractivity contribution in [1.29, 1.82) is 0 Å². The minimum atomic E-state index is -0.970. The van der Waals surface area contributed by atoms with Crippen molar-refractivity contribution in [2.24, 2.45) is 5.73 Å². The van der Waals surface area contributed by atoms with Gasteiger partial charge in [-0.3, -0.25) is 0 Å². The van der Waals surface area contributed by atoms with Crippen molar-refractivity contribution in [2.75, 3.05) is 7.11 Å². The Morgan fingerprint density at radius 2 is 2.07 bits per heavy atom. The average molecular weight is 278 g/mol. The fourth-order valence-corrected chi connectivity index (χ4v) is 1.95. The van der Waals surface area contributed by atoms with Crippen LogP contribution in [-0.4, -0.2) is 12.2 Å². The van der Waals surface area contributed by atoms with E-state index in [1.807, 2.05) is 0 Å². The molecule has 0 saturated heterocycles. The van der Waals surface area contributed by atoms with E-state index >= 15 is 0 Å². The zero-order valence-electron chi connectivity index (χ0n) is 8.77. The van der Waals surface area contributed by atoms with E-state index in [2.05, 4.69) is 15.9 Å². The molecular formula is C10H13BrFNO2. The number of nitrogens with two attached hydrogens (primary N) is 1. The standard InChI is InChI=1S/C10H13BrFNO2/c1-10(2,13)7-6(12)4-5(11)9(15-3)8(7)14/h4,14H,13H2,1-3H3. The first-order chi connectivity index (χ1) is 6.79. The summed E-state index contributed by atoms with van der Waals surface area (Å²) in [6, 6.07) is 1.22. The summed E-state index contributed by atoms with van der Waals surface area (Å²) in [4.78, 5) is 0. The van der Waals surface area contributed by atoms with Gasteiger partial charge in [0.2, 0.25) is 0 Å². The van der Waals surface area contributed by atoms with Gasteiger partial charge in [0.15, 0.2) is 11.5 Å². The molecule has 0 aliphatic rings. The van der Waals surface area contributed by atoms with Gasteiger partial charge < -0.3 is 15.6 Å². The Kier molecular flexibility index (Phi) is 3.25. The third-order valence-corrected chi connectivity index (χ3v) is 2.60. The lowest BCUT2D eigenvalue weighted by Gasteiger charge is -2.22. The predicted molar refractivity (Wildman–Crippen MR) is 59.5 cm³/mol. The number of halogens is 2. The van der Waals surface area contributed by atoms with Gasteiger partial charge >= 0.3 is 0 Å². The maximum Gasteiger partial charge on any atom is 0.175 e. The molecule has 1 rings (SSSR count). The Hall–Kier alpha value is -0.810. The number of hydrogen-bond acceptors (Lipinski definition) is 3. The highest BCUT2D eigenvalue weighted by atomic mass is 79.9. The minimum Gasteiger partial charge on any atom is -0.504 e. The van der Waals surface area contributed by atoms with Gasteiger partial charge in [0.25, 0.3) is 0 Å². The molecule has 15 heavy (non-hydrogen) atoms. The van der Waals surface area contributed by atoms with Crippen molar-refractivity contribution in [3.05, 3.63) is 21.9 Å². The SMILES string of the molecule is COc1c(Br)cc(F)c(C(C)(C)N)c1O. The van der Waals surface area contributed by atoms with E-state index in [9.17, 15) is 9.50 Å². The Morgan fingerprint density at radius 1 is 1.53 bits per heavy atom. The summed E-state index contributed by atoms with van der Waals surface area (Å²) in [5, 5.41) is 9.81. The molecule has 1 aromatic carbocycles. The average Bonchev–Trinajstić information content (AvgIpc) is 2.00. The summed E-state index contributed by atoms with van der Waals surface area (Å²) < 4.78 is 18.9. The van der Waals surface area contributed by atoms with E-state index < -0.39 is 11.4 Å². The molecule has 0 aromatic heterocycles. The summed E-state index contributed by atoms with van der Waals surface area (Å²) in [5.74, 6) is -0.644. The third-order valence-electron chi connectivity index (χ3n) is 2.01. The highest BCUT2D eigenvalue weighted by Gasteiger charge is 2.27. The fraction of sp³-hybridized carbons (Fsp3) is 0.400. The molecule has 0 aliphatic carbocycles. The summed E-state index contributed by atoms with van der Waals surface area (Å²) in [7, 11) is 1.39. The number of phenolic OH excluding ortho intramolecular Hbond substituents is 1. The Bertz CT molecular complexity index is 388. The normalized spacial score (nSPS) is 11.6. The van der Waals surface area contributed by atoms with Crippen molar-refractivity contribution in [3.63, 3.8) is 0 Å². The number of methoxy groups -OCH3 is 1. The van der Waals surface area contributed by atoms with Crippen LogP contribution in [0.3, 0.4) is 0 Å². The van der Waals surface area contributed by atoms with Crippen LogP contribution in [-0.2, 0) is 5.54 Å². The van der Waals surface area contributed by atoms with Crippen LogP contribution < -0.4 is 10.5 Å². The molecule has 0 amide bonds. The first-order valence-corrected chi connectivity index (χ1v) is 5.12. The van der Waals surface area contributed by atoms with Gasteiger partial charge in [0.05, 0.1) is 17.1 Å². The first kappa shape index (κ1) is 12.3. The monoisotopic (exact) mass is 277 g/mol. The van der Waals surface area contributed by atoms with E-state index in [4.69, 9.17) is 10.5 Å². The van der Waals surface area contributed by atoms with Crippen molar-refractivity contribution < 1.29 is 14.2 Å². The second-order valence-electron chi connectivity index (χ2n) is 3.82. The first-order valence-electron chi connectivity index (χ1n) is 4.33. The molecule has 3 N–H and O–H groups in total. The zero-order valence-corrected chi connectivity index (χ0v) is 10.4. The van der Waals surface area contributed by atoms with Crippen molar-refractivity contribution in [2.45, 2.75) is 19.4 Å². The fourth-order valence-electron chi connectivity index (χ4n) is 1.40. The molecule has 0 radical (unpaired) electrons. The van der Waals surface area contributed by atoms with Crippen molar-refractivity contribution in [3.8, 4) is 11.5 Å². The molecule has 1 aromatic rings. The molecule has 84 valence electrons. The number of aromatic hydroxyl groups is 1. The smallest absolute Gasteiger partial charge is 0.175 e. The maximum atomic E-state index is 13.6. The topological polar surface area (TPSA) is 55.5 Å². The van der Waals surface area contributed by atoms with Crippen LogP contribution in [0, 0.1) is 5.82 Å². The highest BCUT2D eigenvalue weighted by Crippen LogP contribution is 2.42. The van der Waals surface area contributed by atoms with Gasteiger partial charge in [-0.25, -0.2) is 4.39 Å². The maximum absolute atomic E-state index is 13.6. The van der Waals surface area contributed by atoms with Gasteiger partial charge in [-0.05, 0) is 35.8 Å². The molecule has 0 saturated carbocycles. The highest BCUT2D eigenvalue weighted by molar-refractivity contribution is 9.10. The summed E-state index contributed by atoms with van der Waals surface area (Å²) in [6.45, 7) is 3.22. The molecule has 0 fully saturated rings. The van der Waals surface area contributed by atoms with Gasteiger partial charge in [-0.1, -0.05) is 0 Å². The number of phenols is 1. The zero-order chi connectivity index (χ0) is 11.8. The Morgan fingerprint density at radius 3 is 2.47 bits per heavy atom. The quantitative estimate of drug-likeness (QED) is 0.873. The number of ether oxygens (including phenoxy) is 1. The van der Waals surface area contributed by atoms with E-state index in [-0.39, 0.29) is 17.1 Å². The van der Waals surface area contributed by atoms with Crippen LogP contribution in [0.4, 0.5) is 4.39 Å². The summed E-state index contributed by atoms with van der Waals surface area (Å²) >= 11 is 3.09. The van der Waals surface area contributed by atoms with Crippen LogP contribution in [0.5, 0.6) is 11.5 Å². The molecule has 3 nitrogen and oxygen atoms in total. The Balaban J connectivity index is 3.53. The lowest BCUT2D eigenvalue weighted by Crippen LogP contribution is -2.30. The lowest BCUT2D eigenvalue weighted by molar-refractivity contribution is 0.353. The predicted octanol–water partition coefficient (Wildman–Crippen LogP) is 2.50.